The monoisotopic (exact) mass is 398 g/mol. The average Bonchev–Trinajstić information content (AvgIpc) is 3.17. The van der Waals surface area contributed by atoms with E-state index in [1.165, 1.54) is 33.3 Å². The first kappa shape index (κ1) is 18.9. The van der Waals surface area contributed by atoms with Crippen molar-refractivity contribution in [3.05, 3.63) is 35.7 Å². The molecule has 1 fully saturated rings. The SMILES string of the molecule is Cc1nn(C)c(C)c1S(=O)(=O)Nc1ccc(S(=O)(=O)N2CCCC2)cc1. The number of aryl methyl sites for hydroxylation is 2. The fourth-order valence-electron chi connectivity index (χ4n) is 3.12. The summed E-state index contributed by atoms with van der Waals surface area (Å²) >= 11 is 0. The Hall–Kier alpha value is -1.91. The number of aromatic nitrogens is 2. The number of hydrogen-bond acceptors (Lipinski definition) is 5. The van der Waals surface area contributed by atoms with Gasteiger partial charge in [-0.05, 0) is 51.0 Å². The second-order valence-corrected chi connectivity index (χ2v) is 9.92. The van der Waals surface area contributed by atoms with E-state index >= 15 is 0 Å². The van der Waals surface area contributed by atoms with Crippen LogP contribution in [0.5, 0.6) is 0 Å². The lowest BCUT2D eigenvalue weighted by Gasteiger charge is -2.16. The number of nitrogens with one attached hydrogen (secondary N) is 1. The summed E-state index contributed by atoms with van der Waals surface area (Å²) < 4.78 is 55.8. The standard InChI is InChI=1S/C16H22N4O4S2/c1-12-16(13(2)19(3)17-12)25(21,22)18-14-6-8-15(9-7-14)26(23,24)20-10-4-5-11-20/h6-9,18H,4-5,10-11H2,1-3H3. The molecule has 0 atom stereocenters. The minimum atomic E-state index is -3.81. The molecule has 1 aliphatic rings. The molecule has 0 aliphatic carbocycles. The van der Waals surface area contributed by atoms with Gasteiger partial charge in [0.1, 0.15) is 4.90 Å². The topological polar surface area (TPSA) is 101 Å². The molecule has 1 saturated heterocycles. The molecule has 3 rings (SSSR count). The predicted octanol–water partition coefficient (Wildman–Crippen LogP) is 1.62. The molecule has 0 saturated carbocycles. The van der Waals surface area contributed by atoms with Crippen LogP contribution in [0, 0.1) is 13.8 Å². The molecule has 1 aromatic carbocycles. The Morgan fingerprint density at radius 3 is 2.08 bits per heavy atom. The number of nitrogens with zero attached hydrogens (tertiary/aromatic N) is 3. The molecule has 2 aromatic rings. The summed E-state index contributed by atoms with van der Waals surface area (Å²) in [6.07, 6.45) is 1.72. The second-order valence-electron chi connectivity index (χ2n) is 6.36. The summed E-state index contributed by atoms with van der Waals surface area (Å²) in [5.41, 5.74) is 1.24. The lowest BCUT2D eigenvalue weighted by molar-refractivity contribution is 0.477. The Morgan fingerprint density at radius 1 is 1.00 bits per heavy atom. The third kappa shape index (κ3) is 3.36. The van der Waals surface area contributed by atoms with E-state index < -0.39 is 20.0 Å². The molecule has 8 nitrogen and oxygen atoms in total. The molecule has 142 valence electrons. The van der Waals surface area contributed by atoms with Crippen molar-refractivity contribution in [3.63, 3.8) is 0 Å². The molecule has 1 N–H and O–H groups in total. The first-order valence-corrected chi connectivity index (χ1v) is 11.2. The van der Waals surface area contributed by atoms with Crippen molar-refractivity contribution < 1.29 is 16.8 Å². The van der Waals surface area contributed by atoms with Gasteiger partial charge >= 0.3 is 0 Å². The van der Waals surface area contributed by atoms with Crippen molar-refractivity contribution in [2.75, 3.05) is 17.8 Å². The second kappa shape index (κ2) is 6.67. The highest BCUT2D eigenvalue weighted by Gasteiger charge is 2.27. The van der Waals surface area contributed by atoms with E-state index in [9.17, 15) is 16.8 Å². The van der Waals surface area contributed by atoms with Gasteiger partial charge < -0.3 is 0 Å². The maximum Gasteiger partial charge on any atom is 0.265 e. The van der Waals surface area contributed by atoms with Crippen molar-refractivity contribution in [1.29, 1.82) is 0 Å². The summed E-state index contributed by atoms with van der Waals surface area (Å²) in [6, 6.07) is 5.77. The van der Waals surface area contributed by atoms with Gasteiger partial charge in [-0.3, -0.25) is 9.40 Å². The highest BCUT2D eigenvalue weighted by molar-refractivity contribution is 7.92. The van der Waals surface area contributed by atoms with E-state index in [0.717, 1.165) is 12.8 Å². The van der Waals surface area contributed by atoms with Crippen LogP contribution in [-0.4, -0.2) is 44.0 Å². The first-order chi connectivity index (χ1) is 12.1. The van der Waals surface area contributed by atoms with Crippen LogP contribution in [0.15, 0.2) is 34.1 Å². The van der Waals surface area contributed by atoms with Crippen molar-refractivity contribution in [2.24, 2.45) is 7.05 Å². The van der Waals surface area contributed by atoms with Crippen LogP contribution < -0.4 is 4.72 Å². The van der Waals surface area contributed by atoms with Gasteiger partial charge in [-0.15, -0.1) is 0 Å². The van der Waals surface area contributed by atoms with E-state index in [-0.39, 0.29) is 9.79 Å². The maximum atomic E-state index is 12.7. The van der Waals surface area contributed by atoms with Crippen LogP contribution >= 0.6 is 0 Å². The van der Waals surface area contributed by atoms with Gasteiger partial charge in [0.05, 0.1) is 16.3 Å². The molecule has 1 aromatic heterocycles. The Kier molecular flexibility index (Phi) is 4.84. The van der Waals surface area contributed by atoms with Crippen LogP contribution in [0.1, 0.15) is 24.2 Å². The molecule has 0 amide bonds. The van der Waals surface area contributed by atoms with Crippen molar-refractivity contribution >= 4 is 25.7 Å². The molecule has 0 spiro atoms. The van der Waals surface area contributed by atoms with Gasteiger partial charge in [0.25, 0.3) is 10.0 Å². The summed E-state index contributed by atoms with van der Waals surface area (Å²) in [5, 5.41) is 4.12. The number of sulfonamides is 2. The minimum Gasteiger partial charge on any atom is -0.280 e. The molecular weight excluding hydrogens is 376 g/mol. The number of anilines is 1. The van der Waals surface area contributed by atoms with Crippen LogP contribution in [0.25, 0.3) is 0 Å². The smallest absolute Gasteiger partial charge is 0.265 e. The molecule has 26 heavy (non-hydrogen) atoms. The summed E-state index contributed by atoms with van der Waals surface area (Å²) in [7, 11) is -5.65. The van der Waals surface area contributed by atoms with E-state index in [2.05, 4.69) is 9.82 Å². The van der Waals surface area contributed by atoms with Gasteiger partial charge in [-0.1, -0.05) is 0 Å². The summed E-state index contributed by atoms with van der Waals surface area (Å²) in [4.78, 5) is 0.296. The summed E-state index contributed by atoms with van der Waals surface area (Å²) in [6.45, 7) is 4.36. The number of benzene rings is 1. The van der Waals surface area contributed by atoms with Gasteiger partial charge in [0.2, 0.25) is 10.0 Å². The number of rotatable bonds is 5. The Bertz CT molecular complexity index is 1020. The molecular formula is C16H22N4O4S2. The predicted molar refractivity (Wildman–Crippen MR) is 97.9 cm³/mol. The highest BCUT2D eigenvalue weighted by atomic mass is 32.2. The third-order valence-electron chi connectivity index (χ3n) is 4.52. The van der Waals surface area contributed by atoms with E-state index in [4.69, 9.17) is 0 Å². The van der Waals surface area contributed by atoms with Gasteiger partial charge in [-0.2, -0.15) is 9.40 Å². The van der Waals surface area contributed by atoms with Crippen molar-refractivity contribution in [3.8, 4) is 0 Å². The Morgan fingerprint density at radius 2 is 1.58 bits per heavy atom. The van der Waals surface area contributed by atoms with E-state index in [1.54, 1.807) is 20.9 Å². The van der Waals surface area contributed by atoms with Gasteiger partial charge in [0.15, 0.2) is 0 Å². The lowest BCUT2D eigenvalue weighted by Crippen LogP contribution is -2.27. The van der Waals surface area contributed by atoms with Gasteiger partial charge in [-0.25, -0.2) is 16.8 Å². The fourth-order valence-corrected chi connectivity index (χ4v) is 6.14. The minimum absolute atomic E-state index is 0.133. The zero-order chi connectivity index (χ0) is 19.1. The molecule has 0 bridgehead atoms. The maximum absolute atomic E-state index is 12.7. The van der Waals surface area contributed by atoms with Gasteiger partial charge in [0, 0.05) is 25.8 Å². The first-order valence-electron chi connectivity index (χ1n) is 8.26. The van der Waals surface area contributed by atoms with Crippen LogP contribution in [0.2, 0.25) is 0 Å². The van der Waals surface area contributed by atoms with Crippen molar-refractivity contribution in [1.82, 2.24) is 14.1 Å². The largest absolute Gasteiger partial charge is 0.280 e. The Balaban J connectivity index is 1.85. The van der Waals surface area contributed by atoms with E-state index in [1.807, 2.05) is 0 Å². The van der Waals surface area contributed by atoms with Crippen LogP contribution in [-0.2, 0) is 27.1 Å². The zero-order valence-electron chi connectivity index (χ0n) is 14.9. The van der Waals surface area contributed by atoms with Crippen LogP contribution in [0.3, 0.4) is 0 Å². The number of hydrogen-bond donors (Lipinski definition) is 1. The fraction of sp³-hybridized carbons (Fsp3) is 0.438. The van der Waals surface area contributed by atoms with E-state index in [0.29, 0.717) is 30.2 Å². The van der Waals surface area contributed by atoms with Crippen LogP contribution in [0.4, 0.5) is 5.69 Å². The van der Waals surface area contributed by atoms with Crippen molar-refractivity contribution in [2.45, 2.75) is 36.5 Å². The molecule has 1 aliphatic heterocycles. The average molecular weight is 399 g/mol. The normalized spacial score (nSPS) is 16.1. The molecule has 10 heteroatoms. The highest BCUT2D eigenvalue weighted by Crippen LogP contribution is 2.25. The lowest BCUT2D eigenvalue weighted by atomic mass is 10.3. The summed E-state index contributed by atoms with van der Waals surface area (Å²) in [5.74, 6) is 0. The zero-order valence-corrected chi connectivity index (χ0v) is 16.6. The molecule has 0 radical (unpaired) electrons. The molecule has 0 unspecified atom stereocenters. The quantitative estimate of drug-likeness (QED) is 0.825. The molecule has 2 heterocycles. The Labute approximate surface area is 153 Å². The third-order valence-corrected chi connectivity index (χ3v) is 8.07.